The number of benzene rings is 3. The number of ether oxygens (including phenoxy) is 2. The molecule has 0 aliphatic rings. The Labute approximate surface area is 177 Å². The molecular weight excluding hydrogens is 376 g/mol. The fourth-order valence-corrected chi connectivity index (χ4v) is 2.69. The van der Waals surface area contributed by atoms with Gasteiger partial charge in [-0.25, -0.2) is 5.43 Å². The van der Waals surface area contributed by atoms with Crippen LogP contribution >= 0.6 is 0 Å². The predicted molar refractivity (Wildman–Crippen MR) is 119 cm³/mol. The van der Waals surface area contributed by atoms with Crippen LogP contribution in [0.5, 0.6) is 17.2 Å². The van der Waals surface area contributed by atoms with Crippen LogP contribution in [0.25, 0.3) is 0 Å². The first-order valence-electron chi connectivity index (χ1n) is 9.78. The summed E-state index contributed by atoms with van der Waals surface area (Å²) in [6.45, 7) is 6.34. The number of carbonyl (C=O) groups is 1. The molecule has 0 spiro atoms. The molecule has 154 valence electrons. The van der Waals surface area contributed by atoms with E-state index < -0.39 is 0 Å². The Morgan fingerprint density at radius 1 is 0.900 bits per heavy atom. The van der Waals surface area contributed by atoms with E-state index in [4.69, 9.17) is 9.47 Å². The fraction of sp³-hybridized carbons (Fsp3) is 0.200. The van der Waals surface area contributed by atoms with Gasteiger partial charge in [-0.3, -0.25) is 4.79 Å². The quantitative estimate of drug-likeness (QED) is 0.431. The summed E-state index contributed by atoms with van der Waals surface area (Å²) in [6, 6.07) is 24.7. The number of hydrazone groups is 1. The van der Waals surface area contributed by atoms with Crippen LogP contribution in [0.3, 0.4) is 0 Å². The minimum atomic E-state index is -0.331. The summed E-state index contributed by atoms with van der Waals surface area (Å²) in [5.41, 5.74) is 4.57. The summed E-state index contributed by atoms with van der Waals surface area (Å²) in [6.07, 6.45) is 1.56. The Morgan fingerprint density at radius 2 is 1.60 bits per heavy atom. The van der Waals surface area contributed by atoms with E-state index in [0.29, 0.717) is 11.5 Å². The van der Waals surface area contributed by atoms with E-state index in [1.165, 1.54) is 5.56 Å². The van der Waals surface area contributed by atoms with Crippen LogP contribution in [0, 0.1) is 0 Å². The van der Waals surface area contributed by atoms with Crippen molar-refractivity contribution in [2.45, 2.75) is 26.2 Å². The third kappa shape index (κ3) is 6.48. The van der Waals surface area contributed by atoms with Gasteiger partial charge in [0.25, 0.3) is 5.91 Å². The molecule has 0 fully saturated rings. The molecule has 0 saturated carbocycles. The second-order valence-electron chi connectivity index (χ2n) is 7.84. The number of para-hydroxylation sites is 1. The molecule has 1 amide bonds. The van der Waals surface area contributed by atoms with E-state index in [0.717, 1.165) is 11.3 Å². The normalized spacial score (nSPS) is 11.3. The monoisotopic (exact) mass is 402 g/mol. The summed E-state index contributed by atoms with van der Waals surface area (Å²) in [4.78, 5) is 12.0. The van der Waals surface area contributed by atoms with Crippen molar-refractivity contribution in [3.8, 4) is 17.2 Å². The number of hydrogen-bond donors (Lipinski definition) is 1. The van der Waals surface area contributed by atoms with Crippen molar-refractivity contribution in [2.24, 2.45) is 5.10 Å². The van der Waals surface area contributed by atoms with E-state index in [2.05, 4.69) is 31.3 Å². The Morgan fingerprint density at radius 3 is 2.30 bits per heavy atom. The van der Waals surface area contributed by atoms with Crippen LogP contribution in [0.4, 0.5) is 0 Å². The molecule has 5 nitrogen and oxygen atoms in total. The lowest BCUT2D eigenvalue weighted by molar-refractivity contribution is -0.123. The highest BCUT2D eigenvalue weighted by atomic mass is 16.5. The van der Waals surface area contributed by atoms with Crippen molar-refractivity contribution in [3.63, 3.8) is 0 Å². The van der Waals surface area contributed by atoms with E-state index in [-0.39, 0.29) is 17.9 Å². The molecule has 0 aromatic heterocycles. The van der Waals surface area contributed by atoms with Gasteiger partial charge < -0.3 is 9.47 Å². The smallest absolute Gasteiger partial charge is 0.277 e. The van der Waals surface area contributed by atoms with Crippen molar-refractivity contribution < 1.29 is 14.3 Å². The molecule has 30 heavy (non-hydrogen) atoms. The van der Waals surface area contributed by atoms with Gasteiger partial charge >= 0.3 is 0 Å². The summed E-state index contributed by atoms with van der Waals surface area (Å²) in [7, 11) is 0. The maximum absolute atomic E-state index is 12.0. The number of nitrogens with one attached hydrogen (secondary N) is 1. The average Bonchev–Trinajstić information content (AvgIpc) is 2.73. The van der Waals surface area contributed by atoms with Crippen LogP contribution in [0.1, 0.15) is 31.9 Å². The van der Waals surface area contributed by atoms with Gasteiger partial charge in [-0.15, -0.1) is 0 Å². The Balaban J connectivity index is 1.48. The second kappa shape index (κ2) is 9.74. The predicted octanol–water partition coefficient (Wildman–Crippen LogP) is 5.31. The maximum Gasteiger partial charge on any atom is 0.277 e. The summed E-state index contributed by atoms with van der Waals surface area (Å²) < 4.78 is 11.3. The van der Waals surface area contributed by atoms with E-state index >= 15 is 0 Å². The van der Waals surface area contributed by atoms with Crippen molar-refractivity contribution in [3.05, 3.63) is 90.0 Å². The molecule has 0 saturated heterocycles. The van der Waals surface area contributed by atoms with Crippen molar-refractivity contribution in [1.29, 1.82) is 0 Å². The lowest BCUT2D eigenvalue weighted by atomic mass is 9.87. The number of nitrogens with zero attached hydrogens (tertiary/aromatic N) is 1. The first-order chi connectivity index (χ1) is 14.4. The Hall–Kier alpha value is -3.60. The number of hydrogen-bond acceptors (Lipinski definition) is 4. The zero-order chi connectivity index (χ0) is 21.4. The number of amides is 1. The number of carbonyl (C=O) groups excluding carboxylic acids is 1. The molecule has 0 radical (unpaired) electrons. The topological polar surface area (TPSA) is 59.9 Å². The van der Waals surface area contributed by atoms with Crippen LogP contribution in [-0.4, -0.2) is 18.7 Å². The maximum atomic E-state index is 12.0. The minimum absolute atomic E-state index is 0.0774. The minimum Gasteiger partial charge on any atom is -0.484 e. The molecule has 1 N–H and O–H groups in total. The lowest BCUT2D eigenvalue weighted by Gasteiger charge is -2.19. The third-order valence-electron chi connectivity index (χ3n) is 4.33. The zero-order valence-electron chi connectivity index (χ0n) is 17.5. The third-order valence-corrected chi connectivity index (χ3v) is 4.33. The highest BCUT2D eigenvalue weighted by Gasteiger charge is 2.13. The summed E-state index contributed by atoms with van der Waals surface area (Å²) in [5, 5.41) is 3.99. The van der Waals surface area contributed by atoms with E-state index in [1.807, 2.05) is 78.9 Å². The van der Waals surface area contributed by atoms with Crippen molar-refractivity contribution in [1.82, 2.24) is 5.43 Å². The van der Waals surface area contributed by atoms with Crippen LogP contribution in [0.2, 0.25) is 0 Å². The van der Waals surface area contributed by atoms with Gasteiger partial charge in [0.05, 0.1) is 6.21 Å². The molecule has 0 heterocycles. The molecule has 0 aliphatic carbocycles. The standard InChI is InChI=1S/C25H26N2O3/c1-25(2,3)20-12-14-21(15-13-20)29-18-24(28)27-26-17-19-8-7-11-23(16-19)30-22-9-5-4-6-10-22/h4-17H,18H2,1-3H3,(H,27,28)/b26-17-. The average molecular weight is 402 g/mol. The van der Waals surface area contributed by atoms with Gasteiger partial charge in [0.15, 0.2) is 6.61 Å². The summed E-state index contributed by atoms with van der Waals surface area (Å²) >= 11 is 0. The highest BCUT2D eigenvalue weighted by molar-refractivity contribution is 5.83. The molecule has 0 aliphatic heterocycles. The molecular formula is C25H26N2O3. The van der Waals surface area contributed by atoms with Gasteiger partial charge in [-0.2, -0.15) is 5.10 Å². The zero-order valence-corrected chi connectivity index (χ0v) is 17.5. The molecule has 0 unspecified atom stereocenters. The van der Waals surface area contributed by atoms with Gasteiger partial charge in [0.1, 0.15) is 17.2 Å². The van der Waals surface area contributed by atoms with Gasteiger partial charge in [-0.1, -0.05) is 63.2 Å². The van der Waals surface area contributed by atoms with E-state index in [9.17, 15) is 4.79 Å². The largest absolute Gasteiger partial charge is 0.484 e. The molecule has 0 atom stereocenters. The second-order valence-corrected chi connectivity index (χ2v) is 7.84. The SMILES string of the molecule is CC(C)(C)c1ccc(OCC(=O)N/N=C\c2cccc(Oc3ccccc3)c2)cc1. The Bertz CT molecular complexity index is 991. The summed E-state index contributed by atoms with van der Waals surface area (Å²) in [5.74, 6) is 1.77. The fourth-order valence-electron chi connectivity index (χ4n) is 2.69. The van der Waals surface area contributed by atoms with Crippen molar-refractivity contribution >= 4 is 12.1 Å². The lowest BCUT2D eigenvalue weighted by Crippen LogP contribution is -2.24. The van der Waals surface area contributed by atoms with Crippen LogP contribution in [-0.2, 0) is 10.2 Å². The van der Waals surface area contributed by atoms with Crippen LogP contribution in [0.15, 0.2) is 84.0 Å². The molecule has 5 heteroatoms. The van der Waals surface area contributed by atoms with Gasteiger partial charge in [-0.05, 0) is 52.9 Å². The molecule has 3 rings (SSSR count). The van der Waals surface area contributed by atoms with Crippen LogP contribution < -0.4 is 14.9 Å². The molecule has 3 aromatic carbocycles. The van der Waals surface area contributed by atoms with Crippen molar-refractivity contribution in [2.75, 3.05) is 6.61 Å². The van der Waals surface area contributed by atoms with E-state index in [1.54, 1.807) is 6.21 Å². The van der Waals surface area contributed by atoms with Gasteiger partial charge in [0, 0.05) is 0 Å². The van der Waals surface area contributed by atoms with Gasteiger partial charge in [0.2, 0.25) is 0 Å². The highest BCUT2D eigenvalue weighted by Crippen LogP contribution is 2.24. The number of rotatable bonds is 7. The molecule has 0 bridgehead atoms. The molecule has 3 aromatic rings. The first kappa shape index (κ1) is 21.1. The Kier molecular flexibility index (Phi) is 6.86. The first-order valence-corrected chi connectivity index (χ1v) is 9.78.